The molecular formula is C21H22N4O. The van der Waals surface area contributed by atoms with Crippen molar-refractivity contribution in [2.24, 2.45) is 0 Å². The molecule has 0 unspecified atom stereocenters. The first-order valence-corrected chi connectivity index (χ1v) is 8.92. The Morgan fingerprint density at radius 1 is 1.46 bits per heavy atom. The first kappa shape index (κ1) is 16.6. The molecule has 2 aromatic rings. The minimum atomic E-state index is 0.237. The summed E-state index contributed by atoms with van der Waals surface area (Å²) in [5.41, 5.74) is 11.3. The molecule has 0 amide bonds. The van der Waals surface area contributed by atoms with E-state index in [1.807, 2.05) is 12.1 Å². The van der Waals surface area contributed by atoms with E-state index in [1.165, 1.54) is 0 Å². The number of aromatic nitrogens is 1. The van der Waals surface area contributed by atoms with E-state index >= 15 is 0 Å². The number of nitrogen functional groups attached to an aromatic ring is 1. The van der Waals surface area contributed by atoms with Gasteiger partial charge in [0, 0.05) is 35.3 Å². The summed E-state index contributed by atoms with van der Waals surface area (Å²) < 4.78 is 0. The summed E-state index contributed by atoms with van der Waals surface area (Å²) >= 11 is 0. The van der Waals surface area contributed by atoms with Crippen LogP contribution in [0.4, 0.5) is 5.82 Å². The van der Waals surface area contributed by atoms with Gasteiger partial charge in [-0.3, -0.25) is 4.90 Å². The van der Waals surface area contributed by atoms with E-state index in [4.69, 9.17) is 5.73 Å². The van der Waals surface area contributed by atoms with Gasteiger partial charge in [0.1, 0.15) is 23.2 Å². The molecule has 1 aromatic carbocycles. The zero-order valence-electron chi connectivity index (χ0n) is 14.9. The maximum Gasteiger partial charge on any atom is 0.142 e. The number of hydrogen-bond acceptors (Lipinski definition) is 5. The van der Waals surface area contributed by atoms with Gasteiger partial charge in [0.25, 0.3) is 0 Å². The maximum atomic E-state index is 10.1. The number of rotatable bonds is 3. The summed E-state index contributed by atoms with van der Waals surface area (Å²) in [6.07, 6.45) is 5.39. The van der Waals surface area contributed by atoms with Crippen molar-refractivity contribution in [1.29, 1.82) is 5.26 Å². The van der Waals surface area contributed by atoms with Gasteiger partial charge in [-0.2, -0.15) is 5.26 Å². The van der Waals surface area contributed by atoms with Crippen molar-refractivity contribution in [1.82, 2.24) is 9.88 Å². The summed E-state index contributed by atoms with van der Waals surface area (Å²) in [6, 6.07) is 8.50. The molecule has 0 radical (unpaired) electrons. The largest absolute Gasteiger partial charge is 0.508 e. The summed E-state index contributed by atoms with van der Waals surface area (Å²) in [4.78, 5) is 6.98. The molecule has 5 nitrogen and oxygen atoms in total. The molecule has 4 rings (SSSR count). The van der Waals surface area contributed by atoms with Gasteiger partial charge in [-0.25, -0.2) is 4.98 Å². The van der Waals surface area contributed by atoms with Crippen molar-refractivity contribution in [3.8, 4) is 22.9 Å². The lowest BCUT2D eigenvalue weighted by atomic mass is 9.86. The van der Waals surface area contributed by atoms with Crippen molar-refractivity contribution in [2.45, 2.75) is 37.8 Å². The first-order valence-electron chi connectivity index (χ1n) is 8.92. The second-order valence-corrected chi connectivity index (χ2v) is 7.17. The van der Waals surface area contributed by atoms with Crippen LogP contribution in [0.25, 0.3) is 11.1 Å². The minimum absolute atomic E-state index is 0.237. The Bertz CT molecular complexity index is 944. The Kier molecular flexibility index (Phi) is 3.93. The Morgan fingerprint density at radius 3 is 3.00 bits per heavy atom. The van der Waals surface area contributed by atoms with Crippen LogP contribution in [0.15, 0.2) is 30.9 Å². The standard InChI is InChI=1S/C21H22N4O/c1-3-4-12-9-13(5-8-18(12)26)19-15(11-22)21(23)24-16-10-14-6-7-17(20(16)19)25(14)2/h3,5,8-9,14,17,26H,1,4,6-7,10H2,2H3,(H2,23,24)/t14-,17+/m0/s1. The molecule has 1 fully saturated rings. The fraction of sp³-hybridized carbons (Fsp3) is 0.333. The molecule has 5 heteroatoms. The number of allylic oxidation sites excluding steroid dienone is 1. The zero-order valence-corrected chi connectivity index (χ0v) is 14.9. The molecule has 3 N–H and O–H groups in total. The number of likely N-dealkylation sites (N-methyl/N-ethyl adjacent to an activating group) is 1. The third kappa shape index (κ3) is 2.38. The minimum Gasteiger partial charge on any atom is -0.508 e. The lowest BCUT2D eigenvalue weighted by Crippen LogP contribution is -2.35. The number of phenols is 1. The Hall–Kier alpha value is -2.84. The van der Waals surface area contributed by atoms with Gasteiger partial charge < -0.3 is 10.8 Å². The van der Waals surface area contributed by atoms with Crippen LogP contribution in [0, 0.1) is 11.3 Å². The van der Waals surface area contributed by atoms with E-state index in [-0.39, 0.29) is 11.8 Å². The number of fused-ring (bicyclic) bond motifs is 4. The summed E-state index contributed by atoms with van der Waals surface area (Å²) in [7, 11) is 2.15. The number of aromatic hydroxyl groups is 1. The van der Waals surface area contributed by atoms with Gasteiger partial charge in [-0.15, -0.1) is 6.58 Å². The van der Waals surface area contributed by atoms with Crippen LogP contribution in [0.3, 0.4) is 0 Å². The molecule has 132 valence electrons. The topological polar surface area (TPSA) is 86.2 Å². The van der Waals surface area contributed by atoms with E-state index in [0.29, 0.717) is 23.8 Å². The van der Waals surface area contributed by atoms with Crippen LogP contribution < -0.4 is 5.73 Å². The van der Waals surface area contributed by atoms with Crippen LogP contribution in [0.1, 0.15) is 41.3 Å². The summed E-state index contributed by atoms with van der Waals surface area (Å²) in [6.45, 7) is 3.76. The number of hydrogen-bond donors (Lipinski definition) is 2. The Labute approximate surface area is 153 Å². The third-order valence-electron chi connectivity index (χ3n) is 5.79. The highest BCUT2D eigenvalue weighted by molar-refractivity contribution is 5.80. The number of nitrogens with zero attached hydrogens (tertiary/aromatic N) is 3. The number of anilines is 1. The quantitative estimate of drug-likeness (QED) is 0.833. The molecule has 26 heavy (non-hydrogen) atoms. The second-order valence-electron chi connectivity index (χ2n) is 7.17. The average molecular weight is 346 g/mol. The van der Waals surface area contributed by atoms with Crippen molar-refractivity contribution < 1.29 is 5.11 Å². The molecule has 1 aromatic heterocycles. The zero-order chi connectivity index (χ0) is 18.4. The van der Waals surface area contributed by atoms with E-state index in [1.54, 1.807) is 12.1 Å². The van der Waals surface area contributed by atoms with E-state index in [0.717, 1.165) is 47.2 Å². The summed E-state index contributed by atoms with van der Waals surface area (Å²) in [5, 5.41) is 19.9. The van der Waals surface area contributed by atoms with Gasteiger partial charge in [0.15, 0.2) is 0 Å². The van der Waals surface area contributed by atoms with Crippen LogP contribution in [0.2, 0.25) is 0 Å². The molecule has 0 aliphatic carbocycles. The Morgan fingerprint density at radius 2 is 2.27 bits per heavy atom. The SMILES string of the molecule is C=CCc1cc(-c2c(C#N)c(N)nc3c2[C@H]2CC[C@@H](C3)N2C)ccc1O. The number of benzene rings is 1. The van der Waals surface area contributed by atoms with Crippen molar-refractivity contribution in [3.63, 3.8) is 0 Å². The molecule has 0 saturated carbocycles. The monoisotopic (exact) mass is 346 g/mol. The molecule has 2 aliphatic rings. The Balaban J connectivity index is 2.00. The predicted molar refractivity (Wildman–Crippen MR) is 102 cm³/mol. The molecular weight excluding hydrogens is 324 g/mol. The van der Waals surface area contributed by atoms with Crippen molar-refractivity contribution >= 4 is 5.82 Å². The van der Waals surface area contributed by atoms with Crippen LogP contribution in [-0.2, 0) is 12.8 Å². The molecule has 3 heterocycles. The average Bonchev–Trinajstić information content (AvgIpc) is 2.86. The fourth-order valence-electron chi connectivity index (χ4n) is 4.49. The van der Waals surface area contributed by atoms with Crippen LogP contribution >= 0.6 is 0 Å². The van der Waals surface area contributed by atoms with Gasteiger partial charge in [0.2, 0.25) is 0 Å². The molecule has 2 atom stereocenters. The first-order chi connectivity index (χ1) is 12.5. The third-order valence-corrected chi connectivity index (χ3v) is 5.79. The number of pyridine rings is 1. The van der Waals surface area contributed by atoms with Gasteiger partial charge in [-0.05, 0) is 49.6 Å². The molecule has 0 spiro atoms. The lowest BCUT2D eigenvalue weighted by Gasteiger charge is -2.34. The number of nitrogens with two attached hydrogens (primary N) is 1. The highest BCUT2D eigenvalue weighted by Gasteiger charge is 2.41. The van der Waals surface area contributed by atoms with Crippen LogP contribution in [-0.4, -0.2) is 28.1 Å². The number of nitriles is 1. The van der Waals surface area contributed by atoms with Gasteiger partial charge in [-0.1, -0.05) is 12.1 Å². The molecule has 1 saturated heterocycles. The highest BCUT2D eigenvalue weighted by Crippen LogP contribution is 2.48. The number of phenolic OH excluding ortho intramolecular Hbond substituents is 1. The smallest absolute Gasteiger partial charge is 0.142 e. The second kappa shape index (κ2) is 6.15. The van der Waals surface area contributed by atoms with Crippen molar-refractivity contribution in [3.05, 3.63) is 53.2 Å². The van der Waals surface area contributed by atoms with E-state index < -0.39 is 0 Å². The lowest BCUT2D eigenvalue weighted by molar-refractivity contribution is 0.222. The van der Waals surface area contributed by atoms with Gasteiger partial charge in [0.05, 0.1) is 0 Å². The summed E-state index contributed by atoms with van der Waals surface area (Å²) in [5.74, 6) is 0.532. The fourth-order valence-corrected chi connectivity index (χ4v) is 4.49. The van der Waals surface area contributed by atoms with Crippen LogP contribution in [0.5, 0.6) is 5.75 Å². The predicted octanol–water partition coefficient (Wildman–Crippen LogP) is 3.33. The molecule has 2 aliphatic heterocycles. The van der Waals surface area contributed by atoms with E-state index in [2.05, 4.69) is 29.6 Å². The highest BCUT2D eigenvalue weighted by atomic mass is 16.3. The van der Waals surface area contributed by atoms with Gasteiger partial charge >= 0.3 is 0 Å². The van der Waals surface area contributed by atoms with E-state index in [9.17, 15) is 10.4 Å². The van der Waals surface area contributed by atoms with Crippen molar-refractivity contribution in [2.75, 3.05) is 12.8 Å². The normalized spacial score (nSPS) is 21.2. The maximum absolute atomic E-state index is 10.1. The molecule has 2 bridgehead atoms.